The van der Waals surface area contributed by atoms with Crippen LogP contribution in [-0.4, -0.2) is 41.8 Å². The number of aromatic nitrogens is 2. The van der Waals surface area contributed by atoms with E-state index in [1.165, 1.54) is 24.8 Å². The summed E-state index contributed by atoms with van der Waals surface area (Å²) in [5.74, 6) is 0.263. The number of hydrazone groups is 1. The van der Waals surface area contributed by atoms with Gasteiger partial charge in [-0.15, -0.1) is 0 Å². The highest BCUT2D eigenvalue weighted by Crippen LogP contribution is 2.29. The molecule has 9 heteroatoms. The van der Waals surface area contributed by atoms with E-state index in [2.05, 4.69) is 20.5 Å². The minimum absolute atomic E-state index is 0.149. The van der Waals surface area contributed by atoms with E-state index in [0.29, 0.717) is 29.2 Å². The highest BCUT2D eigenvalue weighted by molar-refractivity contribution is 5.93. The highest BCUT2D eigenvalue weighted by Gasteiger charge is 2.13. The molecule has 0 saturated carbocycles. The lowest BCUT2D eigenvalue weighted by Crippen LogP contribution is -2.19. The molecule has 158 valence electrons. The molecule has 1 heterocycles. The van der Waals surface area contributed by atoms with Gasteiger partial charge in [0.1, 0.15) is 11.4 Å². The molecule has 0 aliphatic carbocycles. The van der Waals surface area contributed by atoms with Crippen LogP contribution in [0.4, 0.5) is 0 Å². The van der Waals surface area contributed by atoms with E-state index in [-0.39, 0.29) is 11.4 Å². The summed E-state index contributed by atoms with van der Waals surface area (Å²) in [7, 11) is 1.55. The Balaban J connectivity index is 1.69. The van der Waals surface area contributed by atoms with E-state index in [1.54, 1.807) is 49.6 Å². The zero-order valence-electron chi connectivity index (χ0n) is 16.9. The molecule has 0 spiro atoms. The summed E-state index contributed by atoms with van der Waals surface area (Å²) in [5.41, 5.74) is 3.52. The normalized spacial score (nSPS) is 10.5. The number of methoxy groups -OCH3 is 1. The summed E-state index contributed by atoms with van der Waals surface area (Å²) in [6.45, 7) is 2.19. The second-order valence-corrected chi connectivity index (χ2v) is 6.05. The van der Waals surface area contributed by atoms with Crippen molar-refractivity contribution < 1.29 is 23.8 Å². The molecule has 9 nitrogen and oxygen atoms in total. The number of nitrogens with zero attached hydrogens (tertiary/aromatic N) is 3. The summed E-state index contributed by atoms with van der Waals surface area (Å²) >= 11 is 0. The van der Waals surface area contributed by atoms with Crippen molar-refractivity contribution in [2.24, 2.45) is 5.10 Å². The monoisotopic (exact) mass is 420 g/mol. The molecular weight excluding hydrogens is 400 g/mol. The van der Waals surface area contributed by atoms with Crippen LogP contribution < -0.4 is 19.6 Å². The van der Waals surface area contributed by atoms with Gasteiger partial charge < -0.3 is 14.2 Å². The van der Waals surface area contributed by atoms with Crippen LogP contribution in [0.25, 0.3) is 0 Å². The fourth-order valence-electron chi connectivity index (χ4n) is 2.48. The van der Waals surface area contributed by atoms with Gasteiger partial charge in [0.15, 0.2) is 11.5 Å². The van der Waals surface area contributed by atoms with Gasteiger partial charge in [0.05, 0.1) is 31.7 Å². The van der Waals surface area contributed by atoms with Crippen LogP contribution in [-0.2, 0) is 0 Å². The van der Waals surface area contributed by atoms with Crippen LogP contribution >= 0.6 is 0 Å². The summed E-state index contributed by atoms with van der Waals surface area (Å²) in [5, 5.41) is 3.91. The Hall–Kier alpha value is -4.27. The zero-order valence-corrected chi connectivity index (χ0v) is 16.9. The van der Waals surface area contributed by atoms with Gasteiger partial charge in [0, 0.05) is 12.4 Å². The van der Waals surface area contributed by atoms with E-state index in [9.17, 15) is 9.59 Å². The lowest BCUT2D eigenvalue weighted by molar-refractivity contribution is 0.0728. The van der Waals surface area contributed by atoms with Crippen LogP contribution in [0.5, 0.6) is 17.2 Å². The maximum Gasteiger partial charge on any atom is 0.343 e. The van der Waals surface area contributed by atoms with Crippen LogP contribution in [0.15, 0.2) is 66.2 Å². The van der Waals surface area contributed by atoms with Crippen molar-refractivity contribution in [1.82, 2.24) is 15.4 Å². The molecule has 0 saturated heterocycles. The molecule has 0 radical (unpaired) electrons. The van der Waals surface area contributed by atoms with E-state index >= 15 is 0 Å². The topological polar surface area (TPSA) is 112 Å². The number of ether oxygens (including phenoxy) is 3. The molecule has 31 heavy (non-hydrogen) atoms. The number of nitrogens with one attached hydrogen (secondary N) is 1. The van der Waals surface area contributed by atoms with Crippen molar-refractivity contribution in [2.75, 3.05) is 13.7 Å². The van der Waals surface area contributed by atoms with E-state index in [1.807, 2.05) is 6.92 Å². The van der Waals surface area contributed by atoms with Crippen LogP contribution in [0.1, 0.15) is 33.3 Å². The first kappa shape index (κ1) is 21.4. The number of rotatable bonds is 8. The lowest BCUT2D eigenvalue weighted by atomic mass is 10.2. The summed E-state index contributed by atoms with van der Waals surface area (Å²) in [6, 6.07) is 11.5. The fraction of sp³-hybridized carbons (Fsp3) is 0.136. The predicted octanol–water partition coefficient (Wildman–Crippen LogP) is 2.87. The van der Waals surface area contributed by atoms with Crippen molar-refractivity contribution in [1.29, 1.82) is 0 Å². The van der Waals surface area contributed by atoms with Gasteiger partial charge in [-0.25, -0.2) is 15.2 Å². The second kappa shape index (κ2) is 10.5. The molecule has 0 aliphatic heterocycles. The maximum absolute atomic E-state index is 12.4. The molecule has 3 aromatic rings. The van der Waals surface area contributed by atoms with Crippen LogP contribution in [0.3, 0.4) is 0 Å². The number of hydrogen-bond donors (Lipinski definition) is 1. The quantitative estimate of drug-likeness (QED) is 0.258. The molecule has 1 N–H and O–H groups in total. The molecule has 0 unspecified atom stereocenters. The highest BCUT2D eigenvalue weighted by atomic mass is 16.6. The number of carbonyl (C=O) groups is 2. The van der Waals surface area contributed by atoms with Crippen LogP contribution in [0.2, 0.25) is 0 Å². The molecular formula is C22H20N4O5. The molecule has 1 amide bonds. The number of carbonyl (C=O) groups excluding carboxylic acids is 2. The molecule has 3 rings (SSSR count). The SMILES string of the molecule is CCOc1cc(/C=N\NC(=O)c2cnccn2)ccc1OC(=O)c1ccc(OC)cc1. The summed E-state index contributed by atoms with van der Waals surface area (Å²) < 4.78 is 16.1. The number of amides is 1. The third kappa shape index (κ3) is 5.86. The van der Waals surface area contributed by atoms with Gasteiger partial charge >= 0.3 is 5.97 Å². The van der Waals surface area contributed by atoms with E-state index in [4.69, 9.17) is 14.2 Å². The lowest BCUT2D eigenvalue weighted by Gasteiger charge is -2.11. The van der Waals surface area contributed by atoms with Crippen LogP contribution in [0, 0.1) is 0 Å². The molecule has 0 atom stereocenters. The van der Waals surface area contributed by atoms with Gasteiger partial charge in [0.25, 0.3) is 5.91 Å². The Morgan fingerprint density at radius 2 is 1.90 bits per heavy atom. The second-order valence-electron chi connectivity index (χ2n) is 6.05. The van der Waals surface area contributed by atoms with Crippen molar-refractivity contribution in [3.63, 3.8) is 0 Å². The minimum atomic E-state index is -0.527. The first-order valence-electron chi connectivity index (χ1n) is 9.33. The van der Waals surface area contributed by atoms with Gasteiger partial charge in [-0.3, -0.25) is 9.78 Å². The van der Waals surface area contributed by atoms with Gasteiger partial charge in [0.2, 0.25) is 0 Å². The first-order chi connectivity index (χ1) is 15.1. The zero-order chi connectivity index (χ0) is 22.1. The summed E-state index contributed by atoms with van der Waals surface area (Å²) in [6.07, 6.45) is 5.66. The maximum atomic E-state index is 12.4. The van der Waals surface area contributed by atoms with Crippen molar-refractivity contribution >= 4 is 18.1 Å². The number of benzene rings is 2. The Morgan fingerprint density at radius 1 is 1.10 bits per heavy atom. The molecule has 0 bridgehead atoms. The van der Waals surface area contributed by atoms with Gasteiger partial charge in [-0.1, -0.05) is 0 Å². The Morgan fingerprint density at radius 3 is 2.58 bits per heavy atom. The Bertz CT molecular complexity index is 1070. The van der Waals surface area contributed by atoms with Gasteiger partial charge in [-0.05, 0) is 55.0 Å². The predicted molar refractivity (Wildman–Crippen MR) is 113 cm³/mol. The van der Waals surface area contributed by atoms with Gasteiger partial charge in [-0.2, -0.15) is 5.10 Å². The largest absolute Gasteiger partial charge is 0.497 e. The first-order valence-corrected chi connectivity index (χ1v) is 9.33. The minimum Gasteiger partial charge on any atom is -0.497 e. The summed E-state index contributed by atoms with van der Waals surface area (Å²) in [4.78, 5) is 32.1. The van der Waals surface area contributed by atoms with E-state index < -0.39 is 11.9 Å². The van der Waals surface area contributed by atoms with Crippen molar-refractivity contribution in [2.45, 2.75) is 6.92 Å². The van der Waals surface area contributed by atoms with E-state index in [0.717, 1.165) is 0 Å². The number of esters is 1. The Kier molecular flexibility index (Phi) is 7.26. The molecule has 1 aromatic heterocycles. The third-order valence-electron chi connectivity index (χ3n) is 3.97. The smallest absolute Gasteiger partial charge is 0.343 e. The number of hydrogen-bond acceptors (Lipinski definition) is 8. The standard InChI is InChI=1S/C22H20N4O5/c1-3-30-20-12-15(13-25-26-21(27)18-14-23-10-11-24-18)4-9-19(20)31-22(28)16-5-7-17(29-2)8-6-16/h4-14H,3H2,1-2H3,(H,26,27)/b25-13-. The third-order valence-corrected chi connectivity index (χ3v) is 3.97. The fourth-order valence-corrected chi connectivity index (χ4v) is 2.48. The van der Waals surface area contributed by atoms with Crippen molar-refractivity contribution in [3.8, 4) is 17.2 Å². The molecule has 0 fully saturated rings. The average molecular weight is 420 g/mol. The molecule has 0 aliphatic rings. The van der Waals surface area contributed by atoms with Crippen molar-refractivity contribution in [3.05, 3.63) is 77.9 Å². The average Bonchev–Trinajstić information content (AvgIpc) is 2.81. The molecule has 2 aromatic carbocycles. The Labute approximate surface area is 178 Å².